The van der Waals surface area contributed by atoms with Gasteiger partial charge in [0, 0.05) is 42.8 Å². The van der Waals surface area contributed by atoms with E-state index in [0.717, 1.165) is 53.2 Å². The maximum atomic E-state index is 15.1. The van der Waals surface area contributed by atoms with E-state index in [4.69, 9.17) is 4.42 Å². The van der Waals surface area contributed by atoms with Crippen LogP contribution in [-0.2, 0) is 39.2 Å². The van der Waals surface area contributed by atoms with Crippen LogP contribution in [0.1, 0.15) is 23.1 Å². The van der Waals surface area contributed by atoms with Gasteiger partial charge in [-0.2, -0.15) is 4.37 Å². The molecule has 39 heavy (non-hydrogen) atoms. The predicted octanol–water partition coefficient (Wildman–Crippen LogP) is 2.02. The Morgan fingerprint density at radius 2 is 2.00 bits per heavy atom. The zero-order valence-electron chi connectivity index (χ0n) is 20.5. The van der Waals surface area contributed by atoms with E-state index in [1.54, 1.807) is 0 Å². The summed E-state index contributed by atoms with van der Waals surface area (Å²) in [5.41, 5.74) is 3.21. The van der Waals surface area contributed by atoms with Crippen molar-refractivity contribution in [2.75, 3.05) is 29.3 Å². The number of oxazole rings is 1. The predicted molar refractivity (Wildman–Crippen MR) is 143 cm³/mol. The van der Waals surface area contributed by atoms with Crippen molar-refractivity contribution in [3.63, 3.8) is 0 Å². The Morgan fingerprint density at radius 1 is 1.21 bits per heavy atom. The molecule has 206 valence electrons. The number of aryl methyl sites for hydroxylation is 1. The largest absolute Gasteiger partial charge is 0.420 e. The molecule has 0 amide bonds. The molecular weight excluding hydrogens is 569 g/mol. The Bertz CT molecular complexity index is 1820. The molecule has 11 nitrogen and oxygen atoms in total. The number of aromatic nitrogens is 3. The number of anilines is 1. The molecule has 0 radical (unpaired) electrons. The van der Waals surface area contributed by atoms with Crippen molar-refractivity contribution < 1.29 is 25.6 Å². The number of benzene rings is 2. The summed E-state index contributed by atoms with van der Waals surface area (Å²) >= 11 is 0.801. The Balaban J connectivity index is 1.30. The first-order chi connectivity index (χ1) is 18.6. The highest BCUT2D eigenvalue weighted by molar-refractivity contribution is 7.93. The highest BCUT2D eigenvalue weighted by Gasteiger charge is 2.31. The van der Waals surface area contributed by atoms with Gasteiger partial charge in [0.25, 0.3) is 10.0 Å². The van der Waals surface area contributed by atoms with Gasteiger partial charge in [-0.25, -0.2) is 31.0 Å². The lowest BCUT2D eigenvalue weighted by atomic mass is 9.84. The number of hydrogen-bond donors (Lipinski definition) is 1. The lowest BCUT2D eigenvalue weighted by molar-refractivity contribution is 0.194. The van der Waals surface area contributed by atoms with Crippen LogP contribution in [0.4, 0.5) is 9.52 Å². The standard InChI is InChI=1S/C24H24FN5O6S3/c25-19-11-20-21(12-22(19)39(34,35)28-23-26-14-27-37-23)36-24(31)30(20)13-16-3-1-2-15-4-5-17(10-18(15)16)29-6-8-38(32,33)9-7-29/h1-3,11-12,14,17H,4-10,13H2,(H,26,27,28)/t17-/m0/s1. The molecule has 4 aromatic rings. The van der Waals surface area contributed by atoms with Crippen LogP contribution >= 0.6 is 11.5 Å². The fraction of sp³-hybridized carbons (Fsp3) is 0.375. The van der Waals surface area contributed by atoms with Crippen LogP contribution < -0.4 is 10.5 Å². The Morgan fingerprint density at radius 3 is 2.74 bits per heavy atom. The fourth-order valence-electron chi connectivity index (χ4n) is 5.37. The van der Waals surface area contributed by atoms with Gasteiger partial charge < -0.3 is 4.42 Å². The molecule has 1 aliphatic carbocycles. The third-order valence-corrected chi connectivity index (χ3v) is 11.0. The monoisotopic (exact) mass is 593 g/mol. The number of hydrogen-bond acceptors (Lipinski definition) is 10. The molecule has 6 rings (SSSR count). The van der Waals surface area contributed by atoms with Crippen LogP contribution in [0.5, 0.6) is 0 Å². The third kappa shape index (κ3) is 5.11. The van der Waals surface area contributed by atoms with Crippen molar-refractivity contribution >= 4 is 47.6 Å². The van der Waals surface area contributed by atoms with Crippen molar-refractivity contribution in [2.24, 2.45) is 0 Å². The summed E-state index contributed by atoms with van der Waals surface area (Å²) in [7, 11) is -7.31. The van der Waals surface area contributed by atoms with E-state index in [9.17, 15) is 21.6 Å². The molecule has 1 atom stereocenters. The first kappa shape index (κ1) is 26.1. The average molecular weight is 594 g/mol. The molecule has 1 saturated heterocycles. The van der Waals surface area contributed by atoms with Crippen molar-refractivity contribution in [1.29, 1.82) is 0 Å². The van der Waals surface area contributed by atoms with Gasteiger partial charge in [-0.1, -0.05) is 18.2 Å². The number of sulfone groups is 1. The molecule has 1 N–H and O–H groups in total. The summed E-state index contributed by atoms with van der Waals surface area (Å²) in [6.45, 7) is 1.13. The fourth-order valence-corrected chi connectivity index (χ4v) is 8.34. The maximum absolute atomic E-state index is 15.1. The average Bonchev–Trinajstić information content (AvgIpc) is 3.50. The summed E-state index contributed by atoms with van der Waals surface area (Å²) in [5.74, 6) is -1.45. The van der Waals surface area contributed by atoms with E-state index in [-0.39, 0.29) is 40.3 Å². The molecule has 3 heterocycles. The molecule has 0 spiro atoms. The topological polar surface area (TPSA) is 144 Å². The van der Waals surface area contributed by atoms with Gasteiger partial charge in [-0.05, 0) is 36.0 Å². The second kappa shape index (κ2) is 9.80. The zero-order valence-corrected chi connectivity index (χ0v) is 23.0. The first-order valence-electron chi connectivity index (χ1n) is 12.3. The van der Waals surface area contributed by atoms with Crippen molar-refractivity contribution in [1.82, 2.24) is 18.8 Å². The summed E-state index contributed by atoms with van der Waals surface area (Å²) in [6.07, 6.45) is 3.63. The molecule has 0 unspecified atom stereocenters. The van der Waals surface area contributed by atoms with E-state index in [2.05, 4.69) is 19.0 Å². The van der Waals surface area contributed by atoms with E-state index < -0.39 is 36.3 Å². The SMILES string of the molecule is O=c1oc2cc(S(=O)(=O)Nc3ncns3)c(F)cc2n1Cc1cccc2c1C[C@@H](N1CCS(=O)(=O)CC1)CC2. The van der Waals surface area contributed by atoms with Crippen LogP contribution in [0, 0.1) is 5.82 Å². The van der Waals surface area contributed by atoms with Gasteiger partial charge >= 0.3 is 5.76 Å². The van der Waals surface area contributed by atoms with Crippen molar-refractivity contribution in [3.8, 4) is 0 Å². The van der Waals surface area contributed by atoms with E-state index in [1.807, 2.05) is 18.2 Å². The minimum absolute atomic E-state index is 0.0214. The summed E-state index contributed by atoms with van der Waals surface area (Å²) in [5, 5.41) is -0.0214. The Kier molecular flexibility index (Phi) is 6.56. The minimum atomic E-state index is -4.33. The van der Waals surface area contributed by atoms with Crippen molar-refractivity contribution in [3.05, 3.63) is 69.7 Å². The number of rotatable bonds is 6. The normalized spacial score (nSPS) is 19.7. The van der Waals surface area contributed by atoms with Crippen LogP contribution in [0.2, 0.25) is 0 Å². The summed E-state index contributed by atoms with van der Waals surface area (Å²) in [4.78, 5) is 18.1. The zero-order chi connectivity index (χ0) is 27.4. The molecule has 0 saturated carbocycles. The highest BCUT2D eigenvalue weighted by atomic mass is 32.2. The lowest BCUT2D eigenvalue weighted by Gasteiger charge is -2.37. The molecule has 2 aliphatic rings. The van der Waals surface area contributed by atoms with Crippen LogP contribution in [0.15, 0.2) is 50.8 Å². The van der Waals surface area contributed by atoms with E-state index >= 15 is 4.39 Å². The molecule has 2 aromatic heterocycles. The molecule has 1 aliphatic heterocycles. The van der Waals surface area contributed by atoms with Crippen molar-refractivity contribution in [2.45, 2.75) is 36.7 Å². The van der Waals surface area contributed by atoms with E-state index in [0.29, 0.717) is 19.5 Å². The number of sulfonamides is 1. The summed E-state index contributed by atoms with van der Waals surface area (Å²) in [6, 6.07) is 8.05. The third-order valence-electron chi connectivity index (χ3n) is 7.37. The number of fused-ring (bicyclic) bond motifs is 2. The maximum Gasteiger partial charge on any atom is 0.420 e. The van der Waals surface area contributed by atoms with E-state index in [1.165, 1.54) is 10.9 Å². The number of nitrogens with zero attached hydrogens (tertiary/aromatic N) is 4. The van der Waals surface area contributed by atoms with Gasteiger partial charge in [0.05, 0.1) is 23.6 Å². The lowest BCUT2D eigenvalue weighted by Crippen LogP contribution is -2.48. The molecule has 15 heteroatoms. The van der Waals surface area contributed by atoms with Crippen LogP contribution in [0.25, 0.3) is 11.1 Å². The minimum Gasteiger partial charge on any atom is -0.408 e. The van der Waals surface area contributed by atoms with Crippen LogP contribution in [-0.4, -0.2) is 66.3 Å². The quantitative estimate of drug-likeness (QED) is 0.355. The van der Waals surface area contributed by atoms with Gasteiger partial charge in [-0.15, -0.1) is 0 Å². The number of halogens is 1. The summed E-state index contributed by atoms with van der Waals surface area (Å²) < 4.78 is 76.8. The van der Waals surface area contributed by atoms with Gasteiger partial charge in [0.15, 0.2) is 15.4 Å². The second-order valence-electron chi connectivity index (χ2n) is 9.70. The molecular formula is C24H24FN5O6S3. The van der Waals surface area contributed by atoms with Crippen LogP contribution in [0.3, 0.4) is 0 Å². The van der Waals surface area contributed by atoms with Gasteiger partial charge in [0.2, 0.25) is 5.13 Å². The molecule has 2 aromatic carbocycles. The Labute approximate surface area is 227 Å². The second-order valence-corrected chi connectivity index (χ2v) is 14.4. The first-order valence-corrected chi connectivity index (χ1v) is 16.3. The smallest absolute Gasteiger partial charge is 0.408 e. The Hall–Kier alpha value is -3.14. The van der Waals surface area contributed by atoms with Gasteiger partial charge in [-0.3, -0.25) is 14.2 Å². The van der Waals surface area contributed by atoms with Gasteiger partial charge in [0.1, 0.15) is 17.0 Å². The highest BCUT2D eigenvalue weighted by Crippen LogP contribution is 2.30. The number of nitrogens with one attached hydrogen (secondary N) is 1. The molecule has 0 bridgehead atoms. The molecule has 1 fully saturated rings.